The number of nitrogens with zero attached hydrogens (tertiary/aromatic N) is 4. The summed E-state index contributed by atoms with van der Waals surface area (Å²) in [5, 5.41) is 26.7. The highest BCUT2D eigenvalue weighted by molar-refractivity contribution is 6.31. The van der Waals surface area contributed by atoms with Gasteiger partial charge in [0.05, 0.1) is 17.5 Å². The molecular weight excluding hydrogens is 434 g/mol. The van der Waals surface area contributed by atoms with Gasteiger partial charge in [-0.2, -0.15) is 20.1 Å². The van der Waals surface area contributed by atoms with Gasteiger partial charge in [0.2, 0.25) is 0 Å². The van der Waals surface area contributed by atoms with Crippen LogP contribution in [0, 0.1) is 25.2 Å². The summed E-state index contributed by atoms with van der Waals surface area (Å²) in [6.07, 6.45) is 1.32. The summed E-state index contributed by atoms with van der Waals surface area (Å²) in [4.78, 5) is 36.3. The number of nitrogens with one attached hydrogen (secondary N) is 1. The van der Waals surface area contributed by atoms with Gasteiger partial charge in [-0.1, -0.05) is 29.8 Å². The van der Waals surface area contributed by atoms with E-state index < -0.39 is 17.4 Å². The number of carboxylic acids is 1. The second-order valence-electron chi connectivity index (χ2n) is 6.74. The lowest BCUT2D eigenvalue weighted by atomic mass is 10.1. The lowest BCUT2D eigenvalue weighted by Gasteiger charge is -2.11. The molecule has 0 radical (unpaired) electrons. The number of aromatic nitrogens is 2. The molecule has 0 aliphatic heterocycles. The predicted octanol–water partition coefficient (Wildman–Crippen LogP) is 2.84. The largest absolute Gasteiger partial charge is 0.478 e. The van der Waals surface area contributed by atoms with Crippen molar-refractivity contribution >= 4 is 29.7 Å². The number of carbonyl (C=O) groups is 2. The number of aromatic carboxylic acids is 1. The van der Waals surface area contributed by atoms with Crippen LogP contribution < -0.4 is 11.0 Å². The van der Waals surface area contributed by atoms with Crippen molar-refractivity contribution in [1.82, 2.24) is 15.2 Å². The van der Waals surface area contributed by atoms with E-state index in [0.717, 1.165) is 10.2 Å². The van der Waals surface area contributed by atoms with E-state index in [4.69, 9.17) is 16.7 Å². The van der Waals surface area contributed by atoms with Gasteiger partial charge in [0.25, 0.3) is 11.5 Å². The van der Waals surface area contributed by atoms with E-state index in [1.165, 1.54) is 43.5 Å². The average Bonchev–Trinajstić information content (AvgIpc) is 2.76. The van der Waals surface area contributed by atoms with Crippen molar-refractivity contribution in [3.05, 3.63) is 91.4 Å². The Morgan fingerprint density at radius 2 is 1.91 bits per heavy atom. The zero-order chi connectivity index (χ0) is 23.4. The maximum absolute atomic E-state index is 12.7. The third kappa shape index (κ3) is 4.55. The Labute approximate surface area is 187 Å². The number of hydrazone groups is 1. The van der Waals surface area contributed by atoms with Crippen LogP contribution in [0.4, 0.5) is 0 Å². The van der Waals surface area contributed by atoms with E-state index in [1.54, 1.807) is 19.1 Å². The second kappa shape index (κ2) is 9.24. The van der Waals surface area contributed by atoms with E-state index in [9.17, 15) is 19.6 Å². The van der Waals surface area contributed by atoms with Crippen LogP contribution in [0.25, 0.3) is 5.69 Å². The molecule has 0 spiro atoms. The first-order valence-electron chi connectivity index (χ1n) is 9.20. The number of hydrogen-bond donors (Lipinski definition) is 2. The number of carboxylic acid groups (broad SMARTS) is 1. The normalized spacial score (nSPS) is 10.7. The van der Waals surface area contributed by atoms with Crippen LogP contribution in [0.2, 0.25) is 5.02 Å². The monoisotopic (exact) mass is 449 g/mol. The number of carbonyl (C=O) groups excluding carboxylic acids is 1. The van der Waals surface area contributed by atoms with E-state index in [2.05, 4.69) is 15.6 Å². The maximum Gasteiger partial charge on any atom is 0.335 e. The third-order valence-corrected chi connectivity index (χ3v) is 5.01. The fourth-order valence-corrected chi connectivity index (χ4v) is 2.95. The predicted molar refractivity (Wildman–Crippen MR) is 117 cm³/mol. The molecule has 2 N–H and O–H groups in total. The molecule has 0 aliphatic carbocycles. The summed E-state index contributed by atoms with van der Waals surface area (Å²) >= 11 is 6.14. The quantitative estimate of drug-likeness (QED) is 0.453. The second-order valence-corrected chi connectivity index (χ2v) is 7.14. The summed E-state index contributed by atoms with van der Waals surface area (Å²) in [5.74, 6) is -1.79. The Balaban J connectivity index is 1.93. The molecule has 0 unspecified atom stereocenters. The van der Waals surface area contributed by atoms with Gasteiger partial charge in [0, 0.05) is 10.6 Å². The van der Waals surface area contributed by atoms with Crippen LogP contribution in [0.5, 0.6) is 0 Å². The minimum absolute atomic E-state index is 0.116. The first-order valence-corrected chi connectivity index (χ1v) is 9.58. The fourth-order valence-electron chi connectivity index (χ4n) is 2.77. The molecule has 1 aromatic heterocycles. The van der Waals surface area contributed by atoms with Crippen molar-refractivity contribution < 1.29 is 14.7 Å². The Bertz CT molecular complexity index is 1350. The summed E-state index contributed by atoms with van der Waals surface area (Å²) in [6, 6.07) is 12.5. The minimum atomic E-state index is -1.05. The molecule has 3 rings (SSSR count). The van der Waals surface area contributed by atoms with Crippen molar-refractivity contribution in [2.75, 3.05) is 0 Å². The molecule has 32 heavy (non-hydrogen) atoms. The zero-order valence-electron chi connectivity index (χ0n) is 17.0. The van der Waals surface area contributed by atoms with Crippen molar-refractivity contribution in [3.8, 4) is 11.8 Å². The van der Waals surface area contributed by atoms with Crippen molar-refractivity contribution in [2.45, 2.75) is 13.8 Å². The van der Waals surface area contributed by atoms with Crippen LogP contribution in [0.15, 0.2) is 52.4 Å². The molecule has 160 valence electrons. The molecule has 0 aliphatic rings. The van der Waals surface area contributed by atoms with Crippen LogP contribution in [0.3, 0.4) is 0 Å². The molecule has 9 nitrogen and oxygen atoms in total. The number of nitriles is 1. The van der Waals surface area contributed by atoms with E-state index >= 15 is 0 Å². The summed E-state index contributed by atoms with van der Waals surface area (Å²) in [6.45, 7) is 3.24. The van der Waals surface area contributed by atoms with Gasteiger partial charge in [0.15, 0.2) is 5.69 Å². The van der Waals surface area contributed by atoms with Gasteiger partial charge in [-0.25, -0.2) is 10.2 Å². The average molecular weight is 450 g/mol. The highest BCUT2D eigenvalue weighted by atomic mass is 35.5. The molecule has 0 saturated heterocycles. The van der Waals surface area contributed by atoms with E-state index in [-0.39, 0.29) is 22.4 Å². The standard InChI is InChI=1S/C22H16ClN5O4/c1-12-3-8-16(9-18(12)23)28-21(30)17(10-24)13(2)19(27-28)20(29)26-25-11-14-4-6-15(7-5-14)22(31)32/h3-9,11H,1-2H3,(H,26,29)(H,31,32)/b25-11+. The lowest BCUT2D eigenvalue weighted by Crippen LogP contribution is -2.31. The number of hydrogen-bond acceptors (Lipinski definition) is 6. The SMILES string of the molecule is Cc1ccc(-n2nc(C(=O)N/N=C/c3ccc(C(=O)O)cc3)c(C)c(C#N)c2=O)cc1Cl. The van der Waals surface area contributed by atoms with Gasteiger partial charge >= 0.3 is 5.97 Å². The fraction of sp³-hybridized carbons (Fsp3) is 0.0909. The molecule has 1 amide bonds. The summed E-state index contributed by atoms with van der Waals surface area (Å²) in [5.41, 5.74) is 3.12. The molecule has 1 heterocycles. The Morgan fingerprint density at radius 3 is 2.50 bits per heavy atom. The topological polar surface area (TPSA) is 137 Å². The van der Waals surface area contributed by atoms with Gasteiger partial charge in [0.1, 0.15) is 11.6 Å². The highest BCUT2D eigenvalue weighted by Crippen LogP contribution is 2.19. The van der Waals surface area contributed by atoms with Crippen LogP contribution >= 0.6 is 11.6 Å². The highest BCUT2D eigenvalue weighted by Gasteiger charge is 2.20. The maximum atomic E-state index is 12.7. The van der Waals surface area contributed by atoms with Gasteiger partial charge < -0.3 is 5.11 Å². The molecule has 0 fully saturated rings. The summed E-state index contributed by atoms with van der Waals surface area (Å²) in [7, 11) is 0. The smallest absolute Gasteiger partial charge is 0.335 e. The number of benzene rings is 2. The first-order chi connectivity index (χ1) is 15.2. The van der Waals surface area contributed by atoms with Crippen molar-refractivity contribution in [2.24, 2.45) is 5.10 Å². The van der Waals surface area contributed by atoms with Crippen LogP contribution in [0.1, 0.15) is 43.1 Å². The number of amides is 1. The Kier molecular flexibility index (Phi) is 6.47. The van der Waals surface area contributed by atoms with E-state index in [0.29, 0.717) is 16.3 Å². The molecule has 10 heteroatoms. The van der Waals surface area contributed by atoms with Gasteiger partial charge in [-0.15, -0.1) is 0 Å². The molecular formula is C22H16ClN5O4. The van der Waals surface area contributed by atoms with E-state index in [1.807, 2.05) is 6.07 Å². The molecule has 0 atom stereocenters. The Morgan fingerprint density at radius 1 is 1.22 bits per heavy atom. The Hall–Kier alpha value is -4.29. The molecule has 0 bridgehead atoms. The van der Waals surface area contributed by atoms with Crippen molar-refractivity contribution in [1.29, 1.82) is 5.26 Å². The van der Waals surface area contributed by atoms with Crippen LogP contribution in [-0.4, -0.2) is 33.0 Å². The number of aryl methyl sites for hydroxylation is 1. The third-order valence-electron chi connectivity index (χ3n) is 4.60. The minimum Gasteiger partial charge on any atom is -0.478 e. The number of rotatable bonds is 5. The lowest BCUT2D eigenvalue weighted by molar-refractivity contribution is 0.0696. The number of halogens is 1. The molecule has 3 aromatic rings. The summed E-state index contributed by atoms with van der Waals surface area (Å²) < 4.78 is 0.945. The van der Waals surface area contributed by atoms with Crippen molar-refractivity contribution in [3.63, 3.8) is 0 Å². The van der Waals surface area contributed by atoms with Gasteiger partial charge in [-0.05, 0) is 49.2 Å². The first kappa shape index (κ1) is 22.4. The zero-order valence-corrected chi connectivity index (χ0v) is 17.7. The van der Waals surface area contributed by atoms with Crippen LogP contribution in [-0.2, 0) is 0 Å². The molecule has 0 saturated carbocycles. The molecule has 2 aromatic carbocycles. The van der Waals surface area contributed by atoms with Gasteiger partial charge in [-0.3, -0.25) is 9.59 Å².